The van der Waals surface area contributed by atoms with Crippen molar-refractivity contribution in [2.24, 2.45) is 0 Å². The minimum absolute atomic E-state index is 0.0292. The Morgan fingerprint density at radius 2 is 1.97 bits per heavy atom. The highest BCUT2D eigenvalue weighted by molar-refractivity contribution is 7.92. The highest BCUT2D eigenvalue weighted by Crippen LogP contribution is 2.32. The summed E-state index contributed by atoms with van der Waals surface area (Å²) in [7, 11) is -3.92. The van der Waals surface area contributed by atoms with E-state index in [1.807, 2.05) is 37.3 Å². The van der Waals surface area contributed by atoms with E-state index in [0.717, 1.165) is 9.87 Å². The number of hydrogen-bond donors (Lipinski definition) is 0. The van der Waals surface area contributed by atoms with Crippen LogP contribution < -0.4 is 9.04 Å². The van der Waals surface area contributed by atoms with Gasteiger partial charge in [-0.05, 0) is 23.8 Å². The van der Waals surface area contributed by atoms with Crippen LogP contribution in [0.15, 0.2) is 65.7 Å². The Balaban J connectivity index is 1.63. The molecule has 9 heteroatoms. The van der Waals surface area contributed by atoms with E-state index in [9.17, 15) is 13.2 Å². The number of Topliss-reactive ketones (excluding diaryl/α,β-unsaturated/α-hetero) is 1. The van der Waals surface area contributed by atoms with Gasteiger partial charge in [0.2, 0.25) is 5.82 Å². The van der Waals surface area contributed by atoms with Crippen LogP contribution in [0.4, 0.5) is 5.82 Å². The third kappa shape index (κ3) is 4.40. The first-order valence-electron chi connectivity index (χ1n) is 9.71. The molecule has 0 radical (unpaired) electrons. The van der Waals surface area contributed by atoms with Crippen molar-refractivity contribution >= 4 is 33.2 Å². The standard InChI is InChI=1S/C22H20ClN3O4S/c1-15(16-6-3-2-4-7-16)20(27)13-18-14-24-22-21(25-18)26(10-11-30-22)31(28,29)19-9-5-8-17(23)12-19/h2-9,12,14-15H,10-11,13H2,1H3/t15-/m0/s1. The molecule has 0 fully saturated rings. The number of nitrogens with zero attached hydrogens (tertiary/aromatic N) is 3. The van der Waals surface area contributed by atoms with E-state index in [0.29, 0.717) is 10.7 Å². The maximum Gasteiger partial charge on any atom is 0.265 e. The van der Waals surface area contributed by atoms with Crippen molar-refractivity contribution in [1.82, 2.24) is 9.97 Å². The summed E-state index contributed by atoms with van der Waals surface area (Å²) in [6.07, 6.45) is 1.48. The maximum absolute atomic E-state index is 13.2. The summed E-state index contributed by atoms with van der Waals surface area (Å²) >= 11 is 5.98. The highest BCUT2D eigenvalue weighted by atomic mass is 35.5. The summed E-state index contributed by atoms with van der Waals surface area (Å²) in [6, 6.07) is 15.5. The molecule has 0 amide bonds. The van der Waals surface area contributed by atoms with Crippen LogP contribution in [-0.4, -0.2) is 37.3 Å². The lowest BCUT2D eigenvalue weighted by Gasteiger charge is -2.28. The van der Waals surface area contributed by atoms with E-state index >= 15 is 0 Å². The number of carbonyl (C=O) groups excluding carboxylic acids is 1. The van der Waals surface area contributed by atoms with Gasteiger partial charge in [-0.2, -0.15) is 0 Å². The molecule has 0 saturated heterocycles. The second-order valence-corrected chi connectivity index (χ2v) is 9.45. The van der Waals surface area contributed by atoms with Crippen molar-refractivity contribution in [1.29, 1.82) is 0 Å². The average Bonchev–Trinajstić information content (AvgIpc) is 2.78. The fourth-order valence-corrected chi connectivity index (χ4v) is 5.03. The Kier molecular flexibility index (Phi) is 5.93. The van der Waals surface area contributed by atoms with Gasteiger partial charge in [-0.3, -0.25) is 4.79 Å². The molecule has 0 saturated carbocycles. The minimum atomic E-state index is -3.92. The molecule has 1 aromatic heterocycles. The molecule has 4 rings (SSSR count). The first-order chi connectivity index (χ1) is 14.9. The zero-order chi connectivity index (χ0) is 22.0. The zero-order valence-electron chi connectivity index (χ0n) is 16.7. The zero-order valence-corrected chi connectivity index (χ0v) is 18.3. The van der Waals surface area contributed by atoms with E-state index in [1.165, 1.54) is 18.3 Å². The summed E-state index contributed by atoms with van der Waals surface area (Å²) in [5, 5.41) is 0.315. The molecular formula is C22H20ClN3O4S. The summed E-state index contributed by atoms with van der Waals surface area (Å²) in [4.78, 5) is 21.5. The molecule has 0 N–H and O–H groups in total. The van der Waals surface area contributed by atoms with Crippen LogP contribution in [0.25, 0.3) is 0 Å². The number of sulfonamides is 1. The van der Waals surface area contributed by atoms with Crippen molar-refractivity contribution in [2.45, 2.75) is 24.2 Å². The molecular weight excluding hydrogens is 438 g/mol. The normalized spacial score (nSPS) is 14.5. The molecule has 0 spiro atoms. The van der Waals surface area contributed by atoms with Gasteiger partial charge in [-0.25, -0.2) is 22.7 Å². The van der Waals surface area contributed by atoms with Gasteiger partial charge in [0.05, 0.1) is 29.8 Å². The van der Waals surface area contributed by atoms with Crippen LogP contribution in [0.1, 0.15) is 24.1 Å². The van der Waals surface area contributed by atoms with Crippen molar-refractivity contribution < 1.29 is 17.9 Å². The van der Waals surface area contributed by atoms with Gasteiger partial charge in [0.25, 0.3) is 15.9 Å². The molecule has 0 bridgehead atoms. The summed E-state index contributed by atoms with van der Waals surface area (Å²) in [5.74, 6) is -0.170. The first kappa shape index (κ1) is 21.3. The second-order valence-electron chi connectivity index (χ2n) is 7.15. The Labute approximate surface area is 185 Å². The molecule has 31 heavy (non-hydrogen) atoms. The third-order valence-corrected chi connectivity index (χ3v) is 7.08. The largest absolute Gasteiger partial charge is 0.473 e. The van der Waals surface area contributed by atoms with Crippen LogP contribution >= 0.6 is 11.6 Å². The number of benzene rings is 2. The molecule has 2 heterocycles. The minimum Gasteiger partial charge on any atom is -0.473 e. The molecule has 7 nitrogen and oxygen atoms in total. The topological polar surface area (TPSA) is 89.5 Å². The lowest BCUT2D eigenvalue weighted by molar-refractivity contribution is -0.119. The number of ether oxygens (including phenoxy) is 1. The summed E-state index contributed by atoms with van der Waals surface area (Å²) in [6.45, 7) is 2.06. The monoisotopic (exact) mass is 457 g/mol. The van der Waals surface area contributed by atoms with Gasteiger partial charge in [0.1, 0.15) is 12.4 Å². The predicted molar refractivity (Wildman–Crippen MR) is 117 cm³/mol. The highest BCUT2D eigenvalue weighted by Gasteiger charge is 2.33. The number of hydrogen-bond acceptors (Lipinski definition) is 6. The number of carbonyl (C=O) groups is 1. The molecule has 2 aromatic carbocycles. The van der Waals surface area contributed by atoms with Gasteiger partial charge in [0.15, 0.2) is 0 Å². The van der Waals surface area contributed by atoms with Gasteiger partial charge in [0, 0.05) is 10.9 Å². The van der Waals surface area contributed by atoms with E-state index in [-0.39, 0.29) is 47.9 Å². The van der Waals surface area contributed by atoms with Crippen LogP contribution in [0.5, 0.6) is 5.88 Å². The molecule has 1 atom stereocenters. The van der Waals surface area contributed by atoms with Crippen LogP contribution in [-0.2, 0) is 21.2 Å². The molecule has 1 aliphatic heterocycles. The first-order valence-corrected chi connectivity index (χ1v) is 11.5. The average molecular weight is 458 g/mol. The number of ketones is 1. The van der Waals surface area contributed by atoms with Crippen molar-refractivity contribution in [3.05, 3.63) is 77.1 Å². The molecule has 3 aromatic rings. The Morgan fingerprint density at radius 1 is 1.19 bits per heavy atom. The number of halogens is 1. The lowest BCUT2D eigenvalue weighted by atomic mass is 9.94. The third-order valence-electron chi connectivity index (χ3n) is 5.06. The van der Waals surface area contributed by atoms with Crippen LogP contribution in [0.3, 0.4) is 0 Å². The van der Waals surface area contributed by atoms with Gasteiger partial charge < -0.3 is 4.74 Å². The fraction of sp³-hybridized carbons (Fsp3) is 0.227. The molecule has 160 valence electrons. The number of aromatic nitrogens is 2. The van der Waals surface area contributed by atoms with Crippen LogP contribution in [0, 0.1) is 0 Å². The van der Waals surface area contributed by atoms with E-state index < -0.39 is 10.0 Å². The van der Waals surface area contributed by atoms with Crippen molar-refractivity contribution in [3.63, 3.8) is 0 Å². The lowest BCUT2D eigenvalue weighted by Crippen LogP contribution is -2.39. The fourth-order valence-electron chi connectivity index (χ4n) is 3.33. The number of fused-ring (bicyclic) bond motifs is 1. The van der Waals surface area contributed by atoms with Crippen LogP contribution in [0.2, 0.25) is 5.02 Å². The van der Waals surface area contributed by atoms with Crippen molar-refractivity contribution in [3.8, 4) is 5.88 Å². The molecule has 1 aliphatic rings. The second kappa shape index (κ2) is 8.64. The number of anilines is 1. The smallest absolute Gasteiger partial charge is 0.265 e. The Morgan fingerprint density at radius 3 is 2.71 bits per heavy atom. The van der Waals surface area contributed by atoms with Gasteiger partial charge in [-0.15, -0.1) is 0 Å². The summed E-state index contributed by atoms with van der Waals surface area (Å²) < 4.78 is 33.1. The van der Waals surface area contributed by atoms with Crippen molar-refractivity contribution in [2.75, 3.05) is 17.5 Å². The van der Waals surface area contributed by atoms with Gasteiger partial charge >= 0.3 is 0 Å². The Hall–Kier alpha value is -2.97. The van der Waals surface area contributed by atoms with E-state index in [4.69, 9.17) is 16.3 Å². The van der Waals surface area contributed by atoms with Gasteiger partial charge in [-0.1, -0.05) is 54.9 Å². The molecule has 0 unspecified atom stereocenters. The molecule has 0 aliphatic carbocycles. The van der Waals surface area contributed by atoms with E-state index in [2.05, 4.69) is 9.97 Å². The predicted octanol–water partition coefficient (Wildman–Crippen LogP) is 3.63. The quantitative estimate of drug-likeness (QED) is 0.561. The number of rotatable bonds is 6. The van der Waals surface area contributed by atoms with E-state index in [1.54, 1.807) is 12.1 Å². The SMILES string of the molecule is C[C@H](C(=O)Cc1cnc2c(n1)N(S(=O)(=O)c1cccc(Cl)c1)CCO2)c1ccccc1. The maximum atomic E-state index is 13.2. The Bertz CT molecular complexity index is 1220. The summed E-state index contributed by atoms with van der Waals surface area (Å²) in [5.41, 5.74) is 1.29.